The molecule has 0 radical (unpaired) electrons. The van der Waals surface area contributed by atoms with E-state index in [1.54, 1.807) is 6.26 Å². The fourth-order valence-corrected chi connectivity index (χ4v) is 4.40. The van der Waals surface area contributed by atoms with Crippen molar-refractivity contribution in [1.82, 2.24) is 5.32 Å². The van der Waals surface area contributed by atoms with Crippen LogP contribution >= 0.6 is 12.4 Å². The lowest BCUT2D eigenvalue weighted by atomic mass is 9.84. The molecule has 2 aliphatic carbocycles. The van der Waals surface area contributed by atoms with Gasteiger partial charge in [-0.2, -0.15) is 0 Å². The van der Waals surface area contributed by atoms with Gasteiger partial charge in [0.15, 0.2) is 0 Å². The number of carbonyl (C=O) groups is 1. The molecule has 0 aliphatic heterocycles. The van der Waals surface area contributed by atoms with Crippen LogP contribution in [0, 0.1) is 5.92 Å². The SMILES string of the molecule is Cl.NCC1CCCCC1NC(=O)Cc1coc2cc3c(cc12)CCC3. The van der Waals surface area contributed by atoms with Crippen LogP contribution in [-0.4, -0.2) is 18.5 Å². The van der Waals surface area contributed by atoms with Crippen molar-refractivity contribution in [3.63, 3.8) is 0 Å². The van der Waals surface area contributed by atoms with Gasteiger partial charge in [0, 0.05) is 17.0 Å². The summed E-state index contributed by atoms with van der Waals surface area (Å²) in [7, 11) is 0. The van der Waals surface area contributed by atoms with Crippen molar-refractivity contribution < 1.29 is 9.21 Å². The van der Waals surface area contributed by atoms with Gasteiger partial charge in [-0.1, -0.05) is 12.8 Å². The Kier molecular flexibility index (Phi) is 5.70. The molecule has 1 heterocycles. The van der Waals surface area contributed by atoms with Crippen molar-refractivity contribution in [1.29, 1.82) is 0 Å². The van der Waals surface area contributed by atoms with Crippen molar-refractivity contribution in [3.05, 3.63) is 35.1 Å². The molecule has 1 fully saturated rings. The van der Waals surface area contributed by atoms with Crippen LogP contribution in [0.4, 0.5) is 0 Å². The first kappa shape index (κ1) is 18.3. The average molecular weight is 363 g/mol. The van der Waals surface area contributed by atoms with Crippen LogP contribution in [0.1, 0.15) is 48.8 Å². The Bertz CT molecular complexity index is 755. The zero-order chi connectivity index (χ0) is 16.5. The topological polar surface area (TPSA) is 68.3 Å². The molecule has 2 aliphatic rings. The highest BCUT2D eigenvalue weighted by Crippen LogP contribution is 2.30. The van der Waals surface area contributed by atoms with Crippen LogP contribution in [0.3, 0.4) is 0 Å². The zero-order valence-corrected chi connectivity index (χ0v) is 15.4. The monoisotopic (exact) mass is 362 g/mol. The summed E-state index contributed by atoms with van der Waals surface area (Å²) in [6.45, 7) is 0.658. The number of hydrogen-bond acceptors (Lipinski definition) is 3. The molecule has 1 aromatic heterocycles. The van der Waals surface area contributed by atoms with Gasteiger partial charge < -0.3 is 15.5 Å². The number of aryl methyl sites for hydroxylation is 2. The minimum absolute atomic E-state index is 0. The van der Waals surface area contributed by atoms with Gasteiger partial charge in [-0.3, -0.25) is 4.79 Å². The lowest BCUT2D eigenvalue weighted by molar-refractivity contribution is -0.121. The summed E-state index contributed by atoms with van der Waals surface area (Å²) < 4.78 is 5.71. The Morgan fingerprint density at radius 1 is 1.16 bits per heavy atom. The van der Waals surface area contributed by atoms with Crippen LogP contribution in [-0.2, 0) is 24.1 Å². The maximum atomic E-state index is 12.5. The van der Waals surface area contributed by atoms with Crippen molar-refractivity contribution in [2.24, 2.45) is 11.7 Å². The second-order valence-corrected chi connectivity index (χ2v) is 7.36. The number of hydrogen-bond donors (Lipinski definition) is 2. The number of halogens is 1. The number of benzene rings is 1. The highest BCUT2D eigenvalue weighted by Gasteiger charge is 2.25. The van der Waals surface area contributed by atoms with Gasteiger partial charge in [-0.05, 0) is 67.8 Å². The van der Waals surface area contributed by atoms with Crippen molar-refractivity contribution in [2.75, 3.05) is 6.54 Å². The van der Waals surface area contributed by atoms with E-state index < -0.39 is 0 Å². The fraction of sp³-hybridized carbons (Fsp3) is 0.550. The minimum Gasteiger partial charge on any atom is -0.464 e. The van der Waals surface area contributed by atoms with Gasteiger partial charge >= 0.3 is 0 Å². The Labute approximate surface area is 154 Å². The summed E-state index contributed by atoms with van der Waals surface area (Å²) in [5.41, 5.74) is 10.6. The van der Waals surface area contributed by atoms with Gasteiger partial charge in [0.25, 0.3) is 0 Å². The molecule has 0 saturated heterocycles. The molecular weight excluding hydrogens is 336 g/mol. The van der Waals surface area contributed by atoms with E-state index >= 15 is 0 Å². The molecule has 2 unspecified atom stereocenters. The predicted molar refractivity (Wildman–Crippen MR) is 102 cm³/mol. The zero-order valence-electron chi connectivity index (χ0n) is 14.6. The third kappa shape index (κ3) is 3.70. The number of fused-ring (bicyclic) bond motifs is 2. The summed E-state index contributed by atoms with van der Waals surface area (Å²) in [5, 5.41) is 4.32. The molecule has 0 spiro atoms. The van der Waals surface area contributed by atoms with E-state index in [2.05, 4.69) is 17.4 Å². The molecule has 1 aromatic carbocycles. The molecule has 25 heavy (non-hydrogen) atoms. The van der Waals surface area contributed by atoms with Crippen LogP contribution in [0.5, 0.6) is 0 Å². The summed E-state index contributed by atoms with van der Waals surface area (Å²) in [4.78, 5) is 12.5. The summed E-state index contributed by atoms with van der Waals surface area (Å²) >= 11 is 0. The molecule has 4 rings (SSSR count). The Hall–Kier alpha value is -1.52. The largest absolute Gasteiger partial charge is 0.464 e. The van der Waals surface area contributed by atoms with Gasteiger partial charge in [0.05, 0.1) is 12.7 Å². The third-order valence-electron chi connectivity index (χ3n) is 5.78. The predicted octanol–water partition coefficient (Wildman–Crippen LogP) is 3.52. The van der Waals surface area contributed by atoms with E-state index in [1.807, 2.05) is 0 Å². The summed E-state index contributed by atoms with van der Waals surface area (Å²) in [5.74, 6) is 0.510. The summed E-state index contributed by atoms with van der Waals surface area (Å²) in [6.07, 6.45) is 10.2. The van der Waals surface area contributed by atoms with Crippen LogP contribution in [0.2, 0.25) is 0 Å². The number of rotatable bonds is 4. The first-order valence-corrected chi connectivity index (χ1v) is 9.26. The van der Waals surface area contributed by atoms with Gasteiger partial charge in [0.2, 0.25) is 5.91 Å². The highest BCUT2D eigenvalue weighted by molar-refractivity contribution is 5.88. The maximum Gasteiger partial charge on any atom is 0.224 e. The van der Waals surface area contributed by atoms with Gasteiger partial charge in [0.1, 0.15) is 5.58 Å². The van der Waals surface area contributed by atoms with Crippen molar-refractivity contribution >= 4 is 29.3 Å². The molecule has 1 amide bonds. The van der Waals surface area contributed by atoms with Crippen LogP contribution in [0.25, 0.3) is 11.0 Å². The maximum absolute atomic E-state index is 12.5. The normalized spacial score (nSPS) is 22.4. The molecule has 3 N–H and O–H groups in total. The second-order valence-electron chi connectivity index (χ2n) is 7.36. The Balaban J connectivity index is 0.00000182. The molecule has 0 bridgehead atoms. The van der Waals surface area contributed by atoms with Crippen LogP contribution < -0.4 is 11.1 Å². The quantitative estimate of drug-likeness (QED) is 0.874. The van der Waals surface area contributed by atoms with E-state index in [4.69, 9.17) is 10.2 Å². The average Bonchev–Trinajstić information content (AvgIpc) is 3.20. The van der Waals surface area contributed by atoms with E-state index in [0.29, 0.717) is 18.9 Å². The molecule has 2 aromatic rings. The molecule has 136 valence electrons. The molecular formula is C20H27ClN2O2. The number of amides is 1. The molecule has 4 nitrogen and oxygen atoms in total. The van der Waals surface area contributed by atoms with Gasteiger partial charge in [-0.25, -0.2) is 0 Å². The minimum atomic E-state index is 0. The smallest absolute Gasteiger partial charge is 0.224 e. The first-order valence-electron chi connectivity index (χ1n) is 9.26. The number of nitrogens with one attached hydrogen (secondary N) is 1. The fourth-order valence-electron chi connectivity index (χ4n) is 4.40. The Morgan fingerprint density at radius 2 is 1.92 bits per heavy atom. The molecule has 2 atom stereocenters. The lowest BCUT2D eigenvalue weighted by Gasteiger charge is -2.31. The number of furan rings is 1. The molecule has 5 heteroatoms. The lowest BCUT2D eigenvalue weighted by Crippen LogP contribution is -2.45. The van der Waals surface area contributed by atoms with E-state index in [9.17, 15) is 4.79 Å². The van der Waals surface area contributed by atoms with E-state index in [-0.39, 0.29) is 24.4 Å². The van der Waals surface area contributed by atoms with Crippen LogP contribution in [0.15, 0.2) is 22.8 Å². The summed E-state index contributed by atoms with van der Waals surface area (Å²) in [6, 6.07) is 4.62. The van der Waals surface area contributed by atoms with E-state index in [1.165, 1.54) is 30.4 Å². The second kappa shape index (κ2) is 7.79. The highest BCUT2D eigenvalue weighted by atomic mass is 35.5. The third-order valence-corrected chi connectivity index (χ3v) is 5.78. The first-order chi connectivity index (χ1) is 11.7. The number of carbonyl (C=O) groups excluding carboxylic acids is 1. The van der Waals surface area contributed by atoms with Crippen molar-refractivity contribution in [3.8, 4) is 0 Å². The standard InChI is InChI=1S/C20H26N2O2.ClH/c21-11-15-4-1-2-7-18(15)22-20(23)10-16-12-24-19-9-14-6-3-5-13(14)8-17(16)19;/h8-9,12,15,18H,1-7,10-11,21H2,(H,22,23);1H. The van der Waals surface area contributed by atoms with Crippen molar-refractivity contribution in [2.45, 2.75) is 57.4 Å². The van der Waals surface area contributed by atoms with Gasteiger partial charge in [-0.15, -0.1) is 12.4 Å². The molecule has 1 saturated carbocycles. The number of nitrogens with two attached hydrogens (primary N) is 1. The van der Waals surface area contributed by atoms with E-state index in [0.717, 1.165) is 42.2 Å². The Morgan fingerprint density at radius 3 is 2.72 bits per heavy atom.